The SMILES string of the molecule is CCOc1nc(Nc2ccc3cccnc3c2)nc2[nH]c(CC)c(Br)c12. The van der Waals surface area contributed by atoms with E-state index in [2.05, 4.69) is 48.1 Å². The van der Waals surface area contributed by atoms with Gasteiger partial charge in [-0.25, -0.2) is 0 Å². The van der Waals surface area contributed by atoms with Crippen LogP contribution in [-0.2, 0) is 6.42 Å². The quantitative estimate of drug-likeness (QED) is 0.484. The molecule has 6 nitrogen and oxygen atoms in total. The lowest BCUT2D eigenvalue weighted by atomic mass is 10.2. The van der Waals surface area contributed by atoms with Gasteiger partial charge in [0.05, 0.1) is 22.0 Å². The Morgan fingerprint density at radius 1 is 1.19 bits per heavy atom. The highest BCUT2D eigenvalue weighted by molar-refractivity contribution is 9.10. The average molecular weight is 412 g/mol. The molecule has 132 valence electrons. The van der Waals surface area contributed by atoms with Crippen LogP contribution in [0.1, 0.15) is 19.5 Å². The smallest absolute Gasteiger partial charge is 0.232 e. The fourth-order valence-electron chi connectivity index (χ4n) is 2.89. The summed E-state index contributed by atoms with van der Waals surface area (Å²) < 4.78 is 6.71. The van der Waals surface area contributed by atoms with Crippen molar-refractivity contribution in [3.63, 3.8) is 0 Å². The number of H-pyrrole nitrogens is 1. The molecule has 1 aromatic carbocycles. The molecule has 0 aliphatic carbocycles. The zero-order chi connectivity index (χ0) is 18.1. The highest BCUT2D eigenvalue weighted by atomic mass is 79.9. The number of aryl methyl sites for hydroxylation is 1. The van der Waals surface area contributed by atoms with Gasteiger partial charge >= 0.3 is 0 Å². The molecule has 0 unspecified atom stereocenters. The van der Waals surface area contributed by atoms with Gasteiger partial charge in [0.1, 0.15) is 5.65 Å². The Morgan fingerprint density at radius 3 is 2.88 bits per heavy atom. The molecule has 4 aromatic rings. The van der Waals surface area contributed by atoms with Crippen LogP contribution >= 0.6 is 15.9 Å². The Morgan fingerprint density at radius 2 is 2.08 bits per heavy atom. The zero-order valence-electron chi connectivity index (χ0n) is 14.5. The first-order chi connectivity index (χ1) is 12.7. The predicted molar refractivity (Wildman–Crippen MR) is 107 cm³/mol. The van der Waals surface area contributed by atoms with Gasteiger partial charge in [-0.05, 0) is 47.5 Å². The third-order valence-corrected chi connectivity index (χ3v) is 5.00. The summed E-state index contributed by atoms with van der Waals surface area (Å²) in [6.07, 6.45) is 2.65. The molecule has 0 amide bonds. The average Bonchev–Trinajstić information content (AvgIpc) is 2.98. The summed E-state index contributed by atoms with van der Waals surface area (Å²) in [6.45, 7) is 4.56. The summed E-state index contributed by atoms with van der Waals surface area (Å²) in [5.74, 6) is 1.04. The van der Waals surface area contributed by atoms with Gasteiger partial charge in [0, 0.05) is 23.0 Å². The Balaban J connectivity index is 1.77. The maximum Gasteiger partial charge on any atom is 0.232 e. The molecule has 4 rings (SSSR count). The standard InChI is InChI=1S/C19H18BrN5O/c1-3-13-16(20)15-17(23-13)24-19(25-18(15)26-4-2)22-12-8-7-11-6-5-9-21-14(11)10-12/h5-10H,3-4H2,1-2H3,(H2,22,23,24,25). The number of pyridine rings is 1. The van der Waals surface area contributed by atoms with Crippen LogP contribution in [0.5, 0.6) is 5.88 Å². The van der Waals surface area contributed by atoms with Crippen molar-refractivity contribution in [2.45, 2.75) is 20.3 Å². The third kappa shape index (κ3) is 2.99. The number of ether oxygens (including phenoxy) is 1. The number of aromatic nitrogens is 4. The van der Waals surface area contributed by atoms with E-state index in [4.69, 9.17) is 4.74 Å². The number of hydrogen-bond donors (Lipinski definition) is 2. The first kappa shape index (κ1) is 16.8. The fourth-order valence-corrected chi connectivity index (χ4v) is 3.63. The summed E-state index contributed by atoms with van der Waals surface area (Å²) in [6, 6.07) is 9.94. The Labute approximate surface area is 159 Å². The van der Waals surface area contributed by atoms with E-state index in [0.29, 0.717) is 18.4 Å². The van der Waals surface area contributed by atoms with E-state index in [1.807, 2.05) is 37.3 Å². The summed E-state index contributed by atoms with van der Waals surface area (Å²) in [4.78, 5) is 16.9. The molecule has 0 spiro atoms. The Kier molecular flexibility index (Phi) is 4.46. The van der Waals surface area contributed by atoms with Crippen molar-refractivity contribution in [1.82, 2.24) is 19.9 Å². The molecule has 7 heteroatoms. The molecule has 0 fully saturated rings. The molecule has 2 N–H and O–H groups in total. The van der Waals surface area contributed by atoms with E-state index in [0.717, 1.165) is 44.2 Å². The van der Waals surface area contributed by atoms with Crippen LogP contribution in [-0.4, -0.2) is 26.5 Å². The molecule has 26 heavy (non-hydrogen) atoms. The zero-order valence-corrected chi connectivity index (χ0v) is 16.1. The van der Waals surface area contributed by atoms with Crippen molar-refractivity contribution in [1.29, 1.82) is 0 Å². The second-order valence-corrected chi connectivity index (χ2v) is 6.61. The predicted octanol–water partition coefficient (Wildman–Crippen LogP) is 4.97. The minimum absolute atomic E-state index is 0.479. The van der Waals surface area contributed by atoms with E-state index < -0.39 is 0 Å². The fraction of sp³-hybridized carbons (Fsp3) is 0.211. The molecular weight excluding hydrogens is 394 g/mol. The molecule has 0 aliphatic heterocycles. The topological polar surface area (TPSA) is 75.7 Å². The first-order valence-corrected chi connectivity index (χ1v) is 9.31. The summed E-state index contributed by atoms with van der Waals surface area (Å²) >= 11 is 3.63. The highest BCUT2D eigenvalue weighted by Crippen LogP contribution is 2.34. The number of nitrogens with one attached hydrogen (secondary N) is 2. The van der Waals surface area contributed by atoms with Crippen molar-refractivity contribution in [2.75, 3.05) is 11.9 Å². The molecule has 0 aliphatic rings. The van der Waals surface area contributed by atoms with Crippen LogP contribution in [0.2, 0.25) is 0 Å². The monoisotopic (exact) mass is 411 g/mol. The van der Waals surface area contributed by atoms with Gasteiger partial charge in [0.15, 0.2) is 0 Å². The van der Waals surface area contributed by atoms with E-state index in [9.17, 15) is 0 Å². The molecule has 3 aromatic heterocycles. The lowest BCUT2D eigenvalue weighted by Gasteiger charge is -2.09. The second kappa shape index (κ2) is 6.92. The molecule has 3 heterocycles. The maximum atomic E-state index is 5.75. The van der Waals surface area contributed by atoms with Gasteiger partial charge < -0.3 is 15.0 Å². The molecule has 0 bridgehead atoms. The van der Waals surface area contributed by atoms with E-state index in [1.54, 1.807) is 6.20 Å². The van der Waals surface area contributed by atoms with Gasteiger partial charge in [0.2, 0.25) is 11.8 Å². The highest BCUT2D eigenvalue weighted by Gasteiger charge is 2.17. The Bertz CT molecular complexity index is 1090. The summed E-state index contributed by atoms with van der Waals surface area (Å²) in [7, 11) is 0. The molecule has 0 radical (unpaired) electrons. The second-order valence-electron chi connectivity index (χ2n) is 5.82. The number of aromatic amines is 1. The van der Waals surface area contributed by atoms with Gasteiger partial charge in [-0.3, -0.25) is 4.98 Å². The lowest BCUT2D eigenvalue weighted by molar-refractivity contribution is 0.331. The lowest BCUT2D eigenvalue weighted by Crippen LogP contribution is -2.02. The van der Waals surface area contributed by atoms with Crippen LogP contribution < -0.4 is 10.1 Å². The normalized spacial score (nSPS) is 11.2. The molecule has 0 atom stereocenters. The van der Waals surface area contributed by atoms with Crippen molar-refractivity contribution < 1.29 is 4.74 Å². The molecular formula is C19H18BrN5O. The molecule has 0 saturated heterocycles. The van der Waals surface area contributed by atoms with Gasteiger partial charge in [-0.2, -0.15) is 9.97 Å². The maximum absolute atomic E-state index is 5.75. The number of halogens is 1. The largest absolute Gasteiger partial charge is 0.477 e. The van der Waals surface area contributed by atoms with Crippen molar-refractivity contribution in [3.8, 4) is 5.88 Å². The van der Waals surface area contributed by atoms with Crippen LogP contribution in [0.4, 0.5) is 11.6 Å². The van der Waals surface area contributed by atoms with Crippen LogP contribution in [0.3, 0.4) is 0 Å². The summed E-state index contributed by atoms with van der Waals surface area (Å²) in [5.41, 5.74) is 3.61. The van der Waals surface area contributed by atoms with Crippen molar-refractivity contribution in [2.24, 2.45) is 0 Å². The minimum atomic E-state index is 0.479. The number of anilines is 2. The number of rotatable bonds is 5. The number of benzene rings is 1. The van der Waals surface area contributed by atoms with Gasteiger partial charge in [-0.1, -0.05) is 19.1 Å². The van der Waals surface area contributed by atoms with Crippen molar-refractivity contribution in [3.05, 3.63) is 46.7 Å². The van der Waals surface area contributed by atoms with Crippen LogP contribution in [0.15, 0.2) is 41.0 Å². The third-order valence-electron chi connectivity index (χ3n) is 4.13. The minimum Gasteiger partial charge on any atom is -0.477 e. The van der Waals surface area contributed by atoms with Crippen LogP contribution in [0, 0.1) is 0 Å². The molecule has 0 saturated carbocycles. The van der Waals surface area contributed by atoms with Gasteiger partial charge in [-0.15, -0.1) is 0 Å². The summed E-state index contributed by atoms with van der Waals surface area (Å²) in [5, 5.41) is 5.21. The first-order valence-electron chi connectivity index (χ1n) is 8.52. The van der Waals surface area contributed by atoms with E-state index in [-0.39, 0.29) is 0 Å². The number of fused-ring (bicyclic) bond motifs is 2. The Hall–Kier alpha value is -2.67. The van der Waals surface area contributed by atoms with E-state index in [1.165, 1.54) is 0 Å². The van der Waals surface area contributed by atoms with Gasteiger partial charge in [0.25, 0.3) is 0 Å². The van der Waals surface area contributed by atoms with Crippen molar-refractivity contribution >= 4 is 49.5 Å². The number of nitrogens with zero attached hydrogens (tertiary/aromatic N) is 3. The number of hydrogen-bond acceptors (Lipinski definition) is 5. The van der Waals surface area contributed by atoms with E-state index >= 15 is 0 Å². The van der Waals surface area contributed by atoms with Crippen LogP contribution in [0.25, 0.3) is 21.9 Å².